The van der Waals surface area contributed by atoms with Crippen molar-refractivity contribution in [3.05, 3.63) is 59.7 Å². The number of nitrogen functional groups attached to an aromatic ring is 1. The summed E-state index contributed by atoms with van der Waals surface area (Å²) in [7, 11) is 0. The molecule has 3 heteroatoms. The lowest BCUT2D eigenvalue weighted by atomic mass is 10.2. The summed E-state index contributed by atoms with van der Waals surface area (Å²) in [5.41, 5.74) is 7.16. The number of aryl methyl sites for hydroxylation is 1. The van der Waals surface area contributed by atoms with E-state index in [2.05, 4.69) is 0 Å². The number of hydrogen-bond donors (Lipinski definition) is 2. The van der Waals surface area contributed by atoms with Crippen molar-refractivity contribution in [1.29, 1.82) is 5.41 Å². The van der Waals surface area contributed by atoms with E-state index >= 15 is 0 Å². The highest BCUT2D eigenvalue weighted by atomic mass is 16.5. The standard InChI is InChI=1S/C14H14N2O/c1-10-6-2-4-8-12(10)17-13-9-5-3-7-11(13)14(15)16/h2-9H,1H3,(H3,15,16). The van der Waals surface area contributed by atoms with Crippen molar-refractivity contribution in [2.45, 2.75) is 6.92 Å². The first-order valence-electron chi connectivity index (χ1n) is 5.35. The topological polar surface area (TPSA) is 59.1 Å². The van der Waals surface area contributed by atoms with Crippen LogP contribution in [0.2, 0.25) is 0 Å². The number of benzene rings is 2. The zero-order valence-corrected chi connectivity index (χ0v) is 9.60. The molecule has 17 heavy (non-hydrogen) atoms. The second-order valence-electron chi connectivity index (χ2n) is 3.78. The quantitative estimate of drug-likeness (QED) is 0.624. The van der Waals surface area contributed by atoms with E-state index in [4.69, 9.17) is 15.9 Å². The highest BCUT2D eigenvalue weighted by Gasteiger charge is 2.07. The molecular weight excluding hydrogens is 212 g/mol. The van der Waals surface area contributed by atoms with Crippen molar-refractivity contribution in [3.63, 3.8) is 0 Å². The second-order valence-corrected chi connectivity index (χ2v) is 3.78. The molecule has 3 N–H and O–H groups in total. The zero-order valence-electron chi connectivity index (χ0n) is 9.60. The Kier molecular flexibility index (Phi) is 3.10. The maximum Gasteiger partial charge on any atom is 0.138 e. The molecule has 0 aliphatic heterocycles. The summed E-state index contributed by atoms with van der Waals surface area (Å²) in [6.07, 6.45) is 0. The van der Waals surface area contributed by atoms with E-state index in [1.54, 1.807) is 6.07 Å². The number of ether oxygens (including phenoxy) is 1. The minimum atomic E-state index is 0.00850. The summed E-state index contributed by atoms with van der Waals surface area (Å²) in [5, 5.41) is 7.49. The first-order chi connectivity index (χ1) is 8.18. The molecule has 3 nitrogen and oxygen atoms in total. The lowest BCUT2D eigenvalue weighted by Crippen LogP contribution is -2.12. The summed E-state index contributed by atoms with van der Waals surface area (Å²) in [6.45, 7) is 1.98. The maximum atomic E-state index is 7.49. The lowest BCUT2D eigenvalue weighted by molar-refractivity contribution is 0.478. The van der Waals surface area contributed by atoms with Gasteiger partial charge in [-0.3, -0.25) is 5.41 Å². The van der Waals surface area contributed by atoms with E-state index in [1.807, 2.05) is 49.4 Å². The molecule has 0 saturated carbocycles. The number of hydrogen-bond acceptors (Lipinski definition) is 2. The van der Waals surface area contributed by atoms with E-state index in [0.29, 0.717) is 11.3 Å². The average Bonchev–Trinajstić information content (AvgIpc) is 2.32. The van der Waals surface area contributed by atoms with E-state index in [1.165, 1.54) is 0 Å². The van der Waals surface area contributed by atoms with Gasteiger partial charge >= 0.3 is 0 Å². The van der Waals surface area contributed by atoms with Gasteiger partial charge in [0, 0.05) is 0 Å². The minimum Gasteiger partial charge on any atom is -0.456 e. The molecule has 86 valence electrons. The number of amidine groups is 1. The molecule has 2 rings (SSSR count). The molecule has 0 aliphatic carbocycles. The van der Waals surface area contributed by atoms with Crippen LogP contribution in [-0.4, -0.2) is 5.84 Å². The Bertz CT molecular complexity index is 549. The Labute approximate surface area is 100 Å². The fourth-order valence-electron chi connectivity index (χ4n) is 1.57. The Morgan fingerprint density at radius 2 is 1.59 bits per heavy atom. The van der Waals surface area contributed by atoms with Crippen LogP contribution in [0.4, 0.5) is 0 Å². The van der Waals surface area contributed by atoms with Crippen LogP contribution < -0.4 is 10.5 Å². The van der Waals surface area contributed by atoms with Crippen molar-refractivity contribution >= 4 is 5.84 Å². The van der Waals surface area contributed by atoms with E-state index in [0.717, 1.165) is 11.3 Å². The summed E-state index contributed by atoms with van der Waals surface area (Å²) in [4.78, 5) is 0. The highest BCUT2D eigenvalue weighted by Crippen LogP contribution is 2.27. The largest absolute Gasteiger partial charge is 0.456 e. The SMILES string of the molecule is Cc1ccccc1Oc1ccccc1C(=N)N. The molecule has 0 amide bonds. The van der Waals surface area contributed by atoms with Gasteiger partial charge in [-0.15, -0.1) is 0 Å². The normalized spacial score (nSPS) is 9.94. The molecule has 2 aromatic carbocycles. The van der Waals surface area contributed by atoms with Crippen LogP contribution in [0, 0.1) is 12.3 Å². The Hall–Kier alpha value is -2.29. The number of rotatable bonds is 3. The van der Waals surface area contributed by atoms with Crippen LogP contribution in [0.3, 0.4) is 0 Å². The van der Waals surface area contributed by atoms with Gasteiger partial charge in [0.2, 0.25) is 0 Å². The Morgan fingerprint density at radius 1 is 1.00 bits per heavy atom. The van der Waals surface area contributed by atoms with Crippen LogP contribution in [0.1, 0.15) is 11.1 Å². The van der Waals surface area contributed by atoms with Crippen molar-refractivity contribution in [2.75, 3.05) is 0 Å². The van der Waals surface area contributed by atoms with Gasteiger partial charge in [-0.2, -0.15) is 0 Å². The predicted molar refractivity (Wildman–Crippen MR) is 68.7 cm³/mol. The molecule has 0 unspecified atom stereocenters. The molecule has 0 aromatic heterocycles. The van der Waals surface area contributed by atoms with Crippen LogP contribution >= 0.6 is 0 Å². The van der Waals surface area contributed by atoms with Crippen LogP contribution in [0.25, 0.3) is 0 Å². The first-order valence-corrected chi connectivity index (χ1v) is 5.35. The second kappa shape index (κ2) is 4.70. The van der Waals surface area contributed by atoms with Crippen molar-refractivity contribution in [2.24, 2.45) is 5.73 Å². The summed E-state index contributed by atoms with van der Waals surface area (Å²) in [5.74, 6) is 1.39. The van der Waals surface area contributed by atoms with Crippen LogP contribution in [0.5, 0.6) is 11.5 Å². The van der Waals surface area contributed by atoms with Crippen molar-refractivity contribution in [1.82, 2.24) is 0 Å². The smallest absolute Gasteiger partial charge is 0.138 e. The molecule has 0 saturated heterocycles. The molecule has 0 atom stereocenters. The van der Waals surface area contributed by atoms with E-state index in [9.17, 15) is 0 Å². The maximum absolute atomic E-state index is 7.49. The highest BCUT2D eigenvalue weighted by molar-refractivity contribution is 5.97. The lowest BCUT2D eigenvalue weighted by Gasteiger charge is -2.11. The molecular formula is C14H14N2O. The molecule has 0 radical (unpaired) electrons. The molecule has 0 aliphatic rings. The molecule has 0 fully saturated rings. The molecule has 2 aromatic rings. The van der Waals surface area contributed by atoms with Crippen molar-refractivity contribution in [3.8, 4) is 11.5 Å². The van der Waals surface area contributed by atoms with Crippen LogP contribution in [-0.2, 0) is 0 Å². The molecule has 0 heterocycles. The van der Waals surface area contributed by atoms with Gasteiger partial charge in [-0.25, -0.2) is 0 Å². The number of nitrogens with two attached hydrogens (primary N) is 1. The van der Waals surface area contributed by atoms with Gasteiger partial charge in [0.05, 0.1) is 5.56 Å². The Balaban J connectivity index is 2.37. The third-order valence-electron chi connectivity index (χ3n) is 2.49. The number of nitrogens with one attached hydrogen (secondary N) is 1. The number of para-hydroxylation sites is 2. The predicted octanol–water partition coefficient (Wildman–Crippen LogP) is 3.07. The van der Waals surface area contributed by atoms with E-state index < -0.39 is 0 Å². The fourth-order valence-corrected chi connectivity index (χ4v) is 1.57. The van der Waals surface area contributed by atoms with Gasteiger partial charge < -0.3 is 10.5 Å². The zero-order chi connectivity index (χ0) is 12.3. The summed E-state index contributed by atoms with van der Waals surface area (Å²) in [6, 6.07) is 15.0. The monoisotopic (exact) mass is 226 g/mol. The molecule has 0 spiro atoms. The molecule has 0 bridgehead atoms. The summed E-state index contributed by atoms with van der Waals surface area (Å²) < 4.78 is 5.78. The van der Waals surface area contributed by atoms with E-state index in [-0.39, 0.29) is 5.84 Å². The van der Waals surface area contributed by atoms with Gasteiger partial charge in [0.15, 0.2) is 0 Å². The average molecular weight is 226 g/mol. The van der Waals surface area contributed by atoms with Crippen LogP contribution in [0.15, 0.2) is 48.5 Å². The summed E-state index contributed by atoms with van der Waals surface area (Å²) >= 11 is 0. The fraction of sp³-hybridized carbons (Fsp3) is 0.0714. The van der Waals surface area contributed by atoms with Gasteiger partial charge in [-0.1, -0.05) is 30.3 Å². The van der Waals surface area contributed by atoms with Crippen molar-refractivity contribution < 1.29 is 4.74 Å². The van der Waals surface area contributed by atoms with Gasteiger partial charge in [0.1, 0.15) is 17.3 Å². The Morgan fingerprint density at radius 3 is 2.24 bits per heavy atom. The third kappa shape index (κ3) is 2.45. The van der Waals surface area contributed by atoms with Gasteiger partial charge in [0.25, 0.3) is 0 Å². The third-order valence-corrected chi connectivity index (χ3v) is 2.49. The minimum absolute atomic E-state index is 0.00850. The van der Waals surface area contributed by atoms with Gasteiger partial charge in [-0.05, 0) is 30.7 Å². The first kappa shape index (κ1) is 11.2.